The van der Waals surface area contributed by atoms with Gasteiger partial charge in [-0.3, -0.25) is 4.98 Å². The number of anilines is 3. The normalized spacial score (nSPS) is 14.5. The maximum Gasteiger partial charge on any atom is 0.389 e. The van der Waals surface area contributed by atoms with Crippen molar-refractivity contribution >= 4 is 28.8 Å². The Kier molecular flexibility index (Phi) is 8.15. The number of pyridine rings is 2. The average Bonchev–Trinajstić information content (AvgIpc) is 3.26. The third-order valence-electron chi connectivity index (χ3n) is 6.73. The lowest BCUT2D eigenvalue weighted by Gasteiger charge is -2.41. The van der Waals surface area contributed by atoms with Crippen LogP contribution in [0.3, 0.4) is 0 Å². The lowest BCUT2D eigenvalue weighted by Crippen LogP contribution is -2.48. The number of rotatable bonds is 10. The second-order valence-corrected chi connectivity index (χ2v) is 10.4. The molecule has 0 aliphatic carbocycles. The first-order valence-electron chi connectivity index (χ1n) is 13.0. The number of aryl methyl sites for hydroxylation is 1. The van der Waals surface area contributed by atoms with Crippen LogP contribution in [0.5, 0.6) is 5.88 Å². The monoisotopic (exact) mass is 587 g/mol. The van der Waals surface area contributed by atoms with Crippen LogP contribution >= 0.6 is 11.6 Å². The van der Waals surface area contributed by atoms with Gasteiger partial charge in [0.1, 0.15) is 16.5 Å². The molecule has 0 amide bonds. The zero-order valence-corrected chi connectivity index (χ0v) is 23.2. The molecule has 216 valence electrons. The lowest BCUT2D eigenvalue weighted by atomic mass is 9.95. The Bertz CT molecular complexity index is 1510. The standard InChI is InChI=1S/C27H29ClF3N9O/c1-16(5-8-41-26-20(13-36-39(26)2)25-34-7-4-24(32)38-25)37-22-10-23(28)35-12-19(22)21-9-18(3-6-33-21)40-14-17(15-40)11-27(29,30)31/h3-4,6-7,9-10,12-13,16-17H,5,8,11,14-15H2,1-2H3,(H,35,37)(H2,32,34,38)/t16-/m0/s1. The Morgan fingerprint density at radius 2 is 1.90 bits per heavy atom. The minimum Gasteiger partial charge on any atom is -0.477 e. The van der Waals surface area contributed by atoms with Gasteiger partial charge in [-0.2, -0.15) is 18.3 Å². The van der Waals surface area contributed by atoms with E-state index in [2.05, 4.69) is 30.4 Å². The number of nitrogen functional groups attached to an aromatic ring is 1. The summed E-state index contributed by atoms with van der Waals surface area (Å²) in [7, 11) is 1.77. The summed E-state index contributed by atoms with van der Waals surface area (Å²) in [5.41, 5.74) is 9.35. The van der Waals surface area contributed by atoms with Crippen LogP contribution in [-0.4, -0.2) is 61.6 Å². The second-order valence-electron chi connectivity index (χ2n) is 10.0. The van der Waals surface area contributed by atoms with Crippen LogP contribution in [0.1, 0.15) is 19.8 Å². The third kappa shape index (κ3) is 6.96. The number of ether oxygens (including phenoxy) is 1. The fraction of sp³-hybridized carbons (Fsp3) is 0.370. The van der Waals surface area contributed by atoms with E-state index < -0.39 is 18.5 Å². The summed E-state index contributed by atoms with van der Waals surface area (Å²) in [6.07, 6.45) is 2.20. The number of hydrogen-bond donors (Lipinski definition) is 2. The molecule has 5 heterocycles. The predicted octanol–water partition coefficient (Wildman–Crippen LogP) is 5.23. The van der Waals surface area contributed by atoms with E-state index in [0.29, 0.717) is 60.0 Å². The number of halogens is 4. The van der Waals surface area contributed by atoms with Gasteiger partial charge in [0.25, 0.3) is 0 Å². The van der Waals surface area contributed by atoms with E-state index in [1.165, 1.54) is 0 Å². The van der Waals surface area contributed by atoms with Crippen molar-refractivity contribution < 1.29 is 17.9 Å². The van der Waals surface area contributed by atoms with Crippen molar-refractivity contribution in [1.82, 2.24) is 29.7 Å². The quantitative estimate of drug-likeness (QED) is 0.240. The number of nitrogens with one attached hydrogen (secondary N) is 1. The summed E-state index contributed by atoms with van der Waals surface area (Å²) in [6, 6.07) is 6.95. The van der Waals surface area contributed by atoms with Gasteiger partial charge >= 0.3 is 6.18 Å². The molecule has 10 nitrogen and oxygen atoms in total. The average molecular weight is 588 g/mol. The highest BCUT2D eigenvalue weighted by Gasteiger charge is 2.38. The second kappa shape index (κ2) is 11.8. The molecule has 5 rings (SSSR count). The van der Waals surface area contributed by atoms with Gasteiger partial charge in [-0.25, -0.2) is 19.6 Å². The first kappa shape index (κ1) is 28.4. The summed E-state index contributed by atoms with van der Waals surface area (Å²) in [5, 5.41) is 8.04. The maximum absolute atomic E-state index is 12.7. The minimum atomic E-state index is -4.15. The predicted molar refractivity (Wildman–Crippen MR) is 151 cm³/mol. The summed E-state index contributed by atoms with van der Waals surface area (Å²) < 4.78 is 45.8. The highest BCUT2D eigenvalue weighted by molar-refractivity contribution is 6.29. The van der Waals surface area contributed by atoms with Gasteiger partial charge in [0.05, 0.1) is 18.5 Å². The topological polar surface area (TPSA) is 120 Å². The molecule has 14 heteroatoms. The molecule has 0 spiro atoms. The third-order valence-corrected chi connectivity index (χ3v) is 6.93. The zero-order chi connectivity index (χ0) is 29.1. The number of hydrogen-bond acceptors (Lipinski definition) is 9. The van der Waals surface area contributed by atoms with Crippen LogP contribution in [0.2, 0.25) is 5.15 Å². The van der Waals surface area contributed by atoms with Gasteiger partial charge < -0.3 is 20.7 Å². The molecule has 1 aliphatic heterocycles. The van der Waals surface area contributed by atoms with Crippen LogP contribution in [0.25, 0.3) is 22.6 Å². The highest BCUT2D eigenvalue weighted by Crippen LogP contribution is 2.36. The van der Waals surface area contributed by atoms with Gasteiger partial charge in [0, 0.05) is 80.5 Å². The fourth-order valence-electron chi connectivity index (χ4n) is 4.68. The van der Waals surface area contributed by atoms with Crippen molar-refractivity contribution in [2.24, 2.45) is 13.0 Å². The van der Waals surface area contributed by atoms with Crippen LogP contribution in [-0.2, 0) is 7.05 Å². The molecule has 1 fully saturated rings. The summed E-state index contributed by atoms with van der Waals surface area (Å²) in [5.74, 6) is 0.911. The van der Waals surface area contributed by atoms with E-state index in [9.17, 15) is 13.2 Å². The van der Waals surface area contributed by atoms with Crippen molar-refractivity contribution in [2.75, 3.05) is 35.6 Å². The molecule has 41 heavy (non-hydrogen) atoms. The van der Waals surface area contributed by atoms with Crippen molar-refractivity contribution in [3.63, 3.8) is 0 Å². The zero-order valence-electron chi connectivity index (χ0n) is 22.4. The first-order chi connectivity index (χ1) is 19.6. The van der Waals surface area contributed by atoms with Crippen molar-refractivity contribution in [3.05, 3.63) is 54.2 Å². The van der Waals surface area contributed by atoms with Crippen LogP contribution in [0.4, 0.5) is 30.4 Å². The lowest BCUT2D eigenvalue weighted by molar-refractivity contribution is -0.146. The molecule has 1 aliphatic rings. The molecule has 0 radical (unpaired) electrons. The maximum atomic E-state index is 12.7. The van der Waals surface area contributed by atoms with Crippen LogP contribution < -0.4 is 20.7 Å². The summed E-state index contributed by atoms with van der Waals surface area (Å²) in [6.45, 7) is 3.09. The molecule has 0 aromatic carbocycles. The van der Waals surface area contributed by atoms with E-state index >= 15 is 0 Å². The molecular weight excluding hydrogens is 559 g/mol. The largest absolute Gasteiger partial charge is 0.477 e. The molecule has 4 aromatic rings. The van der Waals surface area contributed by atoms with Crippen molar-refractivity contribution in [2.45, 2.75) is 32.0 Å². The molecular formula is C27H29ClF3N9O. The van der Waals surface area contributed by atoms with Crippen LogP contribution in [0, 0.1) is 5.92 Å². The Balaban J connectivity index is 1.24. The Hall–Kier alpha value is -4.13. The van der Waals surface area contributed by atoms with Gasteiger partial charge in [-0.05, 0) is 31.2 Å². The number of aromatic nitrogens is 6. The molecule has 0 unspecified atom stereocenters. The molecule has 3 N–H and O–H groups in total. The number of nitrogens with zero attached hydrogens (tertiary/aromatic N) is 7. The van der Waals surface area contributed by atoms with Crippen molar-refractivity contribution in [1.29, 1.82) is 0 Å². The van der Waals surface area contributed by atoms with Gasteiger partial charge in [-0.1, -0.05) is 11.6 Å². The van der Waals surface area contributed by atoms with E-state index in [0.717, 1.165) is 16.9 Å². The SMILES string of the molecule is C[C@@H](CCOc1c(-c2nccc(N)n2)cnn1C)Nc1cc(Cl)ncc1-c1cc(N2CC(CC(F)(F)F)C2)ccn1. The summed E-state index contributed by atoms with van der Waals surface area (Å²) in [4.78, 5) is 19.2. The van der Waals surface area contributed by atoms with Gasteiger partial charge in [0.15, 0.2) is 5.82 Å². The van der Waals surface area contributed by atoms with E-state index in [4.69, 9.17) is 22.1 Å². The van der Waals surface area contributed by atoms with Gasteiger partial charge in [0.2, 0.25) is 5.88 Å². The number of alkyl halides is 3. The fourth-order valence-corrected chi connectivity index (χ4v) is 4.84. The van der Waals surface area contributed by atoms with Gasteiger partial charge in [-0.15, -0.1) is 0 Å². The van der Waals surface area contributed by atoms with E-state index in [-0.39, 0.29) is 6.04 Å². The Morgan fingerprint density at radius 1 is 1.12 bits per heavy atom. The first-order valence-corrected chi connectivity index (χ1v) is 13.4. The van der Waals surface area contributed by atoms with Crippen molar-refractivity contribution in [3.8, 4) is 28.5 Å². The highest BCUT2D eigenvalue weighted by atomic mass is 35.5. The van der Waals surface area contributed by atoms with E-state index in [1.807, 2.05) is 17.9 Å². The smallest absolute Gasteiger partial charge is 0.389 e. The Morgan fingerprint density at radius 3 is 2.66 bits per heavy atom. The molecule has 0 saturated carbocycles. The number of nitrogens with two attached hydrogens (primary N) is 1. The Labute approximate surface area is 239 Å². The van der Waals surface area contributed by atoms with E-state index in [1.54, 1.807) is 54.7 Å². The minimum absolute atomic E-state index is 0.0331. The molecule has 0 bridgehead atoms. The molecule has 1 saturated heterocycles. The molecule has 1 atom stereocenters. The van der Waals surface area contributed by atoms with Crippen LogP contribution in [0.15, 0.2) is 49.1 Å². The molecule has 4 aromatic heterocycles. The summed E-state index contributed by atoms with van der Waals surface area (Å²) >= 11 is 6.22.